The van der Waals surface area contributed by atoms with E-state index in [4.69, 9.17) is 0 Å². The highest BCUT2D eigenvalue weighted by atomic mass is 16.6. The number of esters is 1. The maximum atomic E-state index is 10.6. The molecule has 11 heavy (non-hydrogen) atoms. The Morgan fingerprint density at radius 3 is 2.82 bits per heavy atom. The maximum absolute atomic E-state index is 10.6. The van der Waals surface area contributed by atoms with E-state index in [9.17, 15) is 4.79 Å². The summed E-state index contributed by atoms with van der Waals surface area (Å²) in [6.07, 6.45) is 1.54. The first-order chi connectivity index (χ1) is 5.22. The topological polar surface area (TPSA) is 47.9 Å². The molecule has 0 fully saturated rings. The van der Waals surface area contributed by atoms with Gasteiger partial charge >= 0.3 is 5.97 Å². The van der Waals surface area contributed by atoms with Gasteiger partial charge in [0.2, 0.25) is 0 Å². The summed E-state index contributed by atoms with van der Waals surface area (Å²) in [4.78, 5) is 15.3. The molecule has 0 spiro atoms. The number of hydrogen-bond donors (Lipinski definition) is 0. The molecular weight excluding hydrogens is 146 g/mol. The van der Waals surface area contributed by atoms with Gasteiger partial charge in [-0.25, -0.2) is 4.79 Å². The summed E-state index contributed by atoms with van der Waals surface area (Å²) >= 11 is 0. The lowest BCUT2D eigenvalue weighted by Crippen LogP contribution is -2.12. The molecule has 0 aromatic carbocycles. The molecule has 0 radical (unpaired) electrons. The van der Waals surface area contributed by atoms with Crippen molar-refractivity contribution in [3.05, 3.63) is 12.7 Å². The van der Waals surface area contributed by atoms with Crippen LogP contribution >= 0.6 is 0 Å². The summed E-state index contributed by atoms with van der Waals surface area (Å²) < 4.78 is 4.37. The van der Waals surface area contributed by atoms with Crippen molar-refractivity contribution >= 4 is 11.7 Å². The Labute approximate surface area is 65.5 Å². The monoisotopic (exact) mass is 157 g/mol. The number of ether oxygens (including phenoxy) is 1. The normalized spacial score (nSPS) is 10.5. The fourth-order valence-corrected chi connectivity index (χ4v) is 0.372. The zero-order valence-corrected chi connectivity index (χ0v) is 6.66. The van der Waals surface area contributed by atoms with Crippen LogP contribution in [0, 0.1) is 0 Å². The highest BCUT2D eigenvalue weighted by Crippen LogP contribution is 1.84. The van der Waals surface area contributed by atoms with E-state index in [-0.39, 0.29) is 12.3 Å². The Balaban J connectivity index is 3.79. The predicted octanol–water partition coefficient (Wildman–Crippen LogP) is 0.738. The molecule has 0 amide bonds. The highest BCUT2D eigenvalue weighted by Gasteiger charge is 2.03. The maximum Gasteiger partial charge on any atom is 0.355 e. The minimum absolute atomic E-state index is 0.189. The summed E-state index contributed by atoms with van der Waals surface area (Å²) in [5.41, 5.74) is 0.189. The van der Waals surface area contributed by atoms with Gasteiger partial charge in [0.15, 0.2) is 5.71 Å². The fraction of sp³-hybridized carbons (Fsp3) is 0.429. The minimum Gasteiger partial charge on any atom is -0.464 e. The Hall–Kier alpha value is -1.32. The van der Waals surface area contributed by atoms with Gasteiger partial charge in [-0.05, 0) is 6.92 Å². The molecule has 4 nitrogen and oxygen atoms in total. The highest BCUT2D eigenvalue weighted by molar-refractivity contribution is 6.35. The number of nitrogens with zero attached hydrogens (tertiary/aromatic N) is 1. The van der Waals surface area contributed by atoms with Crippen molar-refractivity contribution in [1.82, 2.24) is 0 Å². The van der Waals surface area contributed by atoms with Crippen LogP contribution in [0.1, 0.15) is 6.92 Å². The van der Waals surface area contributed by atoms with E-state index >= 15 is 0 Å². The van der Waals surface area contributed by atoms with E-state index < -0.39 is 5.97 Å². The van der Waals surface area contributed by atoms with Crippen LogP contribution in [-0.2, 0) is 14.4 Å². The van der Waals surface area contributed by atoms with Gasteiger partial charge < -0.3 is 9.57 Å². The van der Waals surface area contributed by atoms with E-state index in [1.54, 1.807) is 0 Å². The summed E-state index contributed by atoms with van der Waals surface area (Å²) in [7, 11) is 1.29. The third-order valence-corrected chi connectivity index (χ3v) is 0.875. The first kappa shape index (κ1) is 9.68. The van der Waals surface area contributed by atoms with Crippen LogP contribution in [0.15, 0.2) is 17.8 Å². The smallest absolute Gasteiger partial charge is 0.355 e. The lowest BCUT2D eigenvalue weighted by molar-refractivity contribution is -0.132. The van der Waals surface area contributed by atoms with Crippen molar-refractivity contribution in [3.63, 3.8) is 0 Å². The second-order valence-corrected chi connectivity index (χ2v) is 1.75. The Bertz CT molecular complexity index is 175. The van der Waals surface area contributed by atoms with Crippen LogP contribution in [0.3, 0.4) is 0 Å². The molecule has 0 heterocycles. The van der Waals surface area contributed by atoms with Gasteiger partial charge in [-0.3, -0.25) is 0 Å². The molecule has 0 aliphatic carbocycles. The van der Waals surface area contributed by atoms with Gasteiger partial charge in [0, 0.05) is 0 Å². The average molecular weight is 157 g/mol. The fourth-order valence-electron chi connectivity index (χ4n) is 0.372. The lowest BCUT2D eigenvalue weighted by Gasteiger charge is -1.96. The van der Waals surface area contributed by atoms with Crippen LogP contribution in [0.5, 0.6) is 0 Å². The molecule has 0 unspecified atom stereocenters. The molecule has 0 bridgehead atoms. The standard InChI is InChI=1S/C7H11NO3/c1-4-5-11-8-6(2)7(9)10-3/h4H,1,5H2,2-3H3/b8-6-. The van der Waals surface area contributed by atoms with Gasteiger partial charge in [-0.15, -0.1) is 0 Å². The Morgan fingerprint density at radius 1 is 1.73 bits per heavy atom. The number of carbonyl (C=O) groups is 1. The zero-order chi connectivity index (χ0) is 8.69. The summed E-state index contributed by atoms with van der Waals surface area (Å²) in [6.45, 7) is 5.21. The zero-order valence-electron chi connectivity index (χ0n) is 6.66. The molecule has 0 aliphatic rings. The van der Waals surface area contributed by atoms with Crippen molar-refractivity contribution in [2.45, 2.75) is 6.92 Å². The van der Waals surface area contributed by atoms with Crippen molar-refractivity contribution in [2.24, 2.45) is 5.16 Å². The first-order valence-corrected chi connectivity index (χ1v) is 3.08. The van der Waals surface area contributed by atoms with E-state index in [1.165, 1.54) is 20.1 Å². The van der Waals surface area contributed by atoms with E-state index in [0.717, 1.165) is 0 Å². The third-order valence-electron chi connectivity index (χ3n) is 0.875. The molecule has 0 saturated carbocycles. The molecule has 0 aromatic heterocycles. The van der Waals surface area contributed by atoms with Gasteiger partial charge in [-0.2, -0.15) is 0 Å². The molecule has 0 rings (SSSR count). The summed E-state index contributed by atoms with van der Waals surface area (Å²) in [5.74, 6) is -0.492. The molecule has 0 aliphatic heterocycles. The average Bonchev–Trinajstić information content (AvgIpc) is 2.03. The van der Waals surface area contributed by atoms with E-state index in [0.29, 0.717) is 0 Å². The largest absolute Gasteiger partial charge is 0.464 e. The van der Waals surface area contributed by atoms with Crippen LogP contribution in [-0.4, -0.2) is 25.4 Å². The van der Waals surface area contributed by atoms with Gasteiger partial charge in [0.25, 0.3) is 0 Å². The second kappa shape index (κ2) is 5.46. The molecule has 0 N–H and O–H groups in total. The number of hydrogen-bond acceptors (Lipinski definition) is 4. The quantitative estimate of drug-likeness (QED) is 0.199. The van der Waals surface area contributed by atoms with Crippen molar-refractivity contribution in [2.75, 3.05) is 13.7 Å². The van der Waals surface area contributed by atoms with Crippen LogP contribution in [0.2, 0.25) is 0 Å². The van der Waals surface area contributed by atoms with Crippen LogP contribution in [0.25, 0.3) is 0 Å². The minimum atomic E-state index is -0.492. The van der Waals surface area contributed by atoms with Gasteiger partial charge in [0.05, 0.1) is 7.11 Å². The molecule has 4 heteroatoms. The Morgan fingerprint density at radius 2 is 2.36 bits per heavy atom. The van der Waals surface area contributed by atoms with Crippen molar-refractivity contribution in [3.8, 4) is 0 Å². The Kier molecular flexibility index (Phi) is 4.81. The third kappa shape index (κ3) is 4.13. The van der Waals surface area contributed by atoms with Crippen molar-refractivity contribution in [1.29, 1.82) is 0 Å². The van der Waals surface area contributed by atoms with Gasteiger partial charge in [0.1, 0.15) is 6.61 Å². The summed E-state index contributed by atoms with van der Waals surface area (Å²) in [6, 6.07) is 0. The molecule has 0 atom stereocenters. The van der Waals surface area contributed by atoms with Gasteiger partial charge in [-0.1, -0.05) is 17.8 Å². The van der Waals surface area contributed by atoms with E-state index in [1.807, 2.05) is 0 Å². The first-order valence-electron chi connectivity index (χ1n) is 3.08. The number of oxime groups is 1. The number of methoxy groups -OCH3 is 1. The molecular formula is C7H11NO3. The van der Waals surface area contributed by atoms with Crippen LogP contribution < -0.4 is 0 Å². The second-order valence-electron chi connectivity index (χ2n) is 1.75. The molecule has 0 aromatic rings. The molecule has 0 saturated heterocycles. The lowest BCUT2D eigenvalue weighted by atomic mass is 10.4. The van der Waals surface area contributed by atoms with Crippen LogP contribution in [0.4, 0.5) is 0 Å². The SMILES string of the molecule is C=CCO/N=C(/C)C(=O)OC. The summed E-state index contributed by atoms with van der Waals surface area (Å²) in [5, 5.41) is 3.46. The van der Waals surface area contributed by atoms with Crippen molar-refractivity contribution < 1.29 is 14.4 Å². The predicted molar refractivity (Wildman–Crippen MR) is 41.3 cm³/mol. The van der Waals surface area contributed by atoms with E-state index in [2.05, 4.69) is 21.3 Å². The molecule has 62 valence electrons. The number of rotatable bonds is 4. The number of carbonyl (C=O) groups excluding carboxylic acids is 1.